The molecule has 0 radical (unpaired) electrons. The average Bonchev–Trinajstić information content (AvgIpc) is 2.96. The number of nitrogens with one attached hydrogen (secondary N) is 1. The van der Waals surface area contributed by atoms with Gasteiger partial charge in [0.2, 0.25) is 5.09 Å². The van der Waals surface area contributed by atoms with Crippen LogP contribution in [0.4, 0.5) is 5.69 Å². The van der Waals surface area contributed by atoms with Gasteiger partial charge in [0.1, 0.15) is 16.6 Å². The van der Waals surface area contributed by atoms with E-state index in [1.807, 2.05) is 0 Å². The van der Waals surface area contributed by atoms with Crippen molar-refractivity contribution in [1.29, 1.82) is 0 Å². The monoisotopic (exact) mass is 341 g/mol. The first-order chi connectivity index (χ1) is 10.8. The molecule has 1 aromatic carbocycles. The average molecular weight is 341 g/mol. The lowest BCUT2D eigenvalue weighted by atomic mass is 10.2. The predicted octanol–water partition coefficient (Wildman–Crippen LogP) is 2.53. The van der Waals surface area contributed by atoms with Crippen molar-refractivity contribution in [2.24, 2.45) is 5.10 Å². The van der Waals surface area contributed by atoms with Crippen LogP contribution in [0.2, 0.25) is 0 Å². The van der Waals surface area contributed by atoms with E-state index in [2.05, 4.69) is 10.5 Å². The molecular weight excluding hydrogens is 330 g/mol. The van der Waals surface area contributed by atoms with E-state index in [1.165, 1.54) is 24.3 Å². The zero-order chi connectivity index (χ0) is 17.0. The van der Waals surface area contributed by atoms with E-state index >= 15 is 0 Å². The molecule has 0 saturated carbocycles. The van der Waals surface area contributed by atoms with Crippen molar-refractivity contribution >= 4 is 28.7 Å². The summed E-state index contributed by atoms with van der Waals surface area (Å²) in [4.78, 5) is 21.8. The first-order valence-electron chi connectivity index (χ1n) is 5.96. The molecule has 122 valence electrons. The van der Waals surface area contributed by atoms with Crippen LogP contribution in [0.3, 0.4) is 0 Å². The summed E-state index contributed by atoms with van der Waals surface area (Å²) >= 11 is 0. The number of carbonyl (C=O) groups is 1. The fraction of sp³-hybridized carbons (Fsp3) is 0. The maximum absolute atomic E-state index is 11.8. The first-order valence-corrected chi connectivity index (χ1v) is 7.46. The molecule has 1 amide bonds. The van der Waals surface area contributed by atoms with E-state index in [4.69, 9.17) is 18.1 Å². The van der Waals surface area contributed by atoms with E-state index in [-0.39, 0.29) is 17.0 Å². The number of hydrogen-bond acceptors (Lipinski definition) is 8. The third kappa shape index (κ3) is 4.37. The van der Waals surface area contributed by atoms with Gasteiger partial charge >= 0.3 is 0 Å². The minimum absolute atomic E-state index is 0.0426. The van der Waals surface area contributed by atoms with Gasteiger partial charge in [0, 0.05) is 17.7 Å². The number of nitro groups is 1. The summed E-state index contributed by atoms with van der Waals surface area (Å²) in [6.45, 7) is 0. The highest BCUT2D eigenvalue weighted by atomic mass is 32.3. The maximum Gasteiger partial charge on any atom is 0.271 e. The van der Waals surface area contributed by atoms with Gasteiger partial charge in [-0.15, -0.1) is 0 Å². The Hall–Kier alpha value is -2.73. The van der Waals surface area contributed by atoms with Gasteiger partial charge in [0.05, 0.1) is 11.1 Å². The molecule has 0 aliphatic carbocycles. The van der Waals surface area contributed by atoms with E-state index in [9.17, 15) is 14.9 Å². The molecule has 0 bridgehead atoms. The first kappa shape index (κ1) is 16.6. The number of furan rings is 1. The molecule has 0 saturated heterocycles. The molecule has 23 heavy (non-hydrogen) atoms. The Labute approximate surface area is 130 Å². The van der Waals surface area contributed by atoms with Crippen LogP contribution in [0.15, 0.2) is 51.0 Å². The Morgan fingerprint density at radius 1 is 1.30 bits per heavy atom. The number of nitro benzene ring substituents is 1. The number of carbonyl (C=O) groups excluding carboxylic acids is 1. The summed E-state index contributed by atoms with van der Waals surface area (Å²) in [6, 6.07) is 7.52. The number of nitrogens with zero attached hydrogens (tertiary/aromatic N) is 2. The molecule has 4 N–H and O–H groups in total. The van der Waals surface area contributed by atoms with E-state index < -0.39 is 26.8 Å². The van der Waals surface area contributed by atoms with E-state index in [0.29, 0.717) is 0 Å². The largest absolute Gasteiger partial charge is 0.444 e. The molecule has 0 fully saturated rings. The Balaban J connectivity index is 2.03. The molecule has 0 aliphatic heterocycles. The molecule has 10 nitrogen and oxygen atoms in total. The molecule has 1 aromatic heterocycles. The summed E-state index contributed by atoms with van der Waals surface area (Å²) < 4.78 is 31.8. The van der Waals surface area contributed by atoms with Gasteiger partial charge in [-0.1, -0.05) is 6.07 Å². The molecule has 2 rings (SSSR count). The highest BCUT2D eigenvalue weighted by Gasteiger charge is 2.19. The number of rotatable bonds is 5. The smallest absolute Gasteiger partial charge is 0.271 e. The highest BCUT2D eigenvalue weighted by Crippen LogP contribution is 2.43. The maximum atomic E-state index is 11.8. The predicted molar refractivity (Wildman–Crippen MR) is 80.6 cm³/mol. The number of hydrazone groups is 1. The van der Waals surface area contributed by atoms with E-state index in [1.54, 1.807) is 0 Å². The van der Waals surface area contributed by atoms with Crippen LogP contribution in [-0.2, 0) is 0 Å². The molecule has 0 unspecified atom stereocenters. The fourth-order valence-electron chi connectivity index (χ4n) is 1.53. The quantitative estimate of drug-likeness (QED) is 0.369. The van der Waals surface area contributed by atoms with Crippen molar-refractivity contribution in [3.05, 3.63) is 57.8 Å². The van der Waals surface area contributed by atoms with Gasteiger partial charge in [-0.25, -0.2) is 5.43 Å². The summed E-state index contributed by atoms with van der Waals surface area (Å²) in [5, 5.41) is 13.8. The SMILES string of the molecule is O=C(N/N=C\c1ccc(S(O)(O)O)o1)c1cccc([N+](=O)[O-])c1. The lowest BCUT2D eigenvalue weighted by Crippen LogP contribution is -2.17. The third-order valence-electron chi connectivity index (χ3n) is 2.55. The van der Waals surface area contributed by atoms with Crippen LogP contribution in [0.25, 0.3) is 0 Å². The molecule has 1 heterocycles. The molecular formula is C12H11N3O7S. The lowest BCUT2D eigenvalue weighted by Gasteiger charge is -2.14. The van der Waals surface area contributed by atoms with Gasteiger partial charge in [-0.2, -0.15) is 5.10 Å². The third-order valence-corrected chi connectivity index (χ3v) is 3.31. The van der Waals surface area contributed by atoms with Crippen LogP contribution in [0.1, 0.15) is 16.1 Å². The van der Waals surface area contributed by atoms with Crippen molar-refractivity contribution in [3.8, 4) is 0 Å². The zero-order valence-electron chi connectivity index (χ0n) is 11.3. The second-order valence-electron chi connectivity index (χ2n) is 4.18. The van der Waals surface area contributed by atoms with Crippen LogP contribution in [-0.4, -0.2) is 30.7 Å². The fourth-order valence-corrected chi connectivity index (χ4v) is 1.99. The van der Waals surface area contributed by atoms with Crippen LogP contribution < -0.4 is 5.43 Å². The Morgan fingerprint density at radius 3 is 2.65 bits per heavy atom. The summed E-state index contributed by atoms with van der Waals surface area (Å²) in [5.74, 6) is -0.628. The van der Waals surface area contributed by atoms with Crippen LogP contribution in [0.5, 0.6) is 0 Å². The number of benzene rings is 1. The standard InChI is InChI=1S/C12H11N3O7S/c16-12(8-2-1-3-9(6-8)15(17)18)14-13-7-10-4-5-11(22-10)23(19,20)21/h1-7,19-21H,(H,14,16)/b13-7-. The summed E-state index contributed by atoms with van der Waals surface area (Å²) in [6.07, 6.45) is 1.06. The summed E-state index contributed by atoms with van der Waals surface area (Å²) in [5.41, 5.74) is 1.94. The number of amides is 1. The van der Waals surface area contributed by atoms with Crippen molar-refractivity contribution < 1.29 is 27.8 Å². The summed E-state index contributed by atoms with van der Waals surface area (Å²) in [7, 11) is -3.96. The Morgan fingerprint density at radius 2 is 2.04 bits per heavy atom. The van der Waals surface area contributed by atoms with Crippen molar-refractivity contribution in [1.82, 2.24) is 5.43 Å². The highest BCUT2D eigenvalue weighted by molar-refractivity contribution is 8.19. The van der Waals surface area contributed by atoms with Crippen molar-refractivity contribution in [3.63, 3.8) is 0 Å². The minimum atomic E-state index is -3.96. The molecule has 11 heteroatoms. The van der Waals surface area contributed by atoms with Crippen LogP contribution in [0, 0.1) is 10.1 Å². The Bertz CT molecular complexity index is 766. The van der Waals surface area contributed by atoms with Gasteiger partial charge in [0.25, 0.3) is 11.6 Å². The second-order valence-corrected chi connectivity index (χ2v) is 5.62. The molecule has 2 aromatic rings. The van der Waals surface area contributed by atoms with Crippen molar-refractivity contribution in [2.45, 2.75) is 5.09 Å². The molecule has 0 spiro atoms. The Kier molecular flexibility index (Phi) is 4.76. The topological polar surface area (TPSA) is 158 Å². The van der Waals surface area contributed by atoms with Gasteiger partial charge < -0.3 is 18.1 Å². The van der Waals surface area contributed by atoms with E-state index in [0.717, 1.165) is 18.3 Å². The van der Waals surface area contributed by atoms with Crippen molar-refractivity contribution in [2.75, 3.05) is 0 Å². The number of hydrogen-bond donors (Lipinski definition) is 4. The lowest BCUT2D eigenvalue weighted by molar-refractivity contribution is -0.384. The van der Waals surface area contributed by atoms with Gasteiger partial charge in [-0.3, -0.25) is 14.9 Å². The second kappa shape index (κ2) is 6.58. The van der Waals surface area contributed by atoms with Gasteiger partial charge in [-0.05, 0) is 18.2 Å². The minimum Gasteiger partial charge on any atom is -0.444 e. The van der Waals surface area contributed by atoms with Crippen LogP contribution >= 0.6 is 10.9 Å². The number of non-ortho nitro benzene ring substituents is 1. The molecule has 0 aliphatic rings. The van der Waals surface area contributed by atoms with Gasteiger partial charge in [0.15, 0.2) is 0 Å². The molecule has 0 atom stereocenters. The normalized spacial score (nSPS) is 12.3. The zero-order valence-corrected chi connectivity index (χ0v) is 12.1.